The van der Waals surface area contributed by atoms with E-state index in [4.69, 9.17) is 4.74 Å². The molecular formula is C14H21NO2S. The van der Waals surface area contributed by atoms with Crippen LogP contribution in [0.2, 0.25) is 0 Å². The summed E-state index contributed by atoms with van der Waals surface area (Å²) in [6.07, 6.45) is 5.18. The van der Waals surface area contributed by atoms with Crippen molar-refractivity contribution >= 4 is 11.3 Å². The summed E-state index contributed by atoms with van der Waals surface area (Å²) in [4.78, 5) is 1.53. The summed E-state index contributed by atoms with van der Waals surface area (Å²) >= 11 is 1.87. The van der Waals surface area contributed by atoms with Gasteiger partial charge in [0.15, 0.2) is 0 Å². The summed E-state index contributed by atoms with van der Waals surface area (Å²) in [5.41, 5.74) is 0.896. The molecule has 2 aliphatic rings. The number of nitrogens with one attached hydrogen (secondary N) is 1. The van der Waals surface area contributed by atoms with Crippen molar-refractivity contribution in [3.63, 3.8) is 0 Å². The molecule has 1 saturated heterocycles. The summed E-state index contributed by atoms with van der Waals surface area (Å²) in [7, 11) is 0. The van der Waals surface area contributed by atoms with Crippen LogP contribution >= 0.6 is 11.3 Å². The van der Waals surface area contributed by atoms with Gasteiger partial charge in [0.1, 0.15) is 0 Å². The highest BCUT2D eigenvalue weighted by atomic mass is 32.1. The van der Waals surface area contributed by atoms with Crippen LogP contribution in [0.5, 0.6) is 0 Å². The van der Waals surface area contributed by atoms with E-state index in [1.54, 1.807) is 0 Å². The highest BCUT2D eigenvalue weighted by Gasteiger charge is 2.31. The molecule has 1 fully saturated rings. The number of aryl methyl sites for hydroxylation is 1. The zero-order valence-corrected chi connectivity index (χ0v) is 11.5. The lowest BCUT2D eigenvalue weighted by Gasteiger charge is -2.34. The van der Waals surface area contributed by atoms with Gasteiger partial charge in [0, 0.05) is 43.5 Å². The topological polar surface area (TPSA) is 41.5 Å². The third-order valence-electron chi connectivity index (χ3n) is 4.15. The minimum atomic E-state index is -0.564. The van der Waals surface area contributed by atoms with Gasteiger partial charge in [-0.1, -0.05) is 0 Å². The molecule has 1 atom stereocenters. The van der Waals surface area contributed by atoms with Crippen molar-refractivity contribution in [1.29, 1.82) is 0 Å². The molecule has 3 rings (SSSR count). The van der Waals surface area contributed by atoms with Crippen molar-refractivity contribution in [3.8, 4) is 0 Å². The molecule has 2 N–H and O–H groups in total. The van der Waals surface area contributed by atoms with Crippen molar-refractivity contribution in [2.75, 3.05) is 19.8 Å². The van der Waals surface area contributed by atoms with E-state index >= 15 is 0 Å². The summed E-state index contributed by atoms with van der Waals surface area (Å²) in [5.74, 6) is 0. The van der Waals surface area contributed by atoms with E-state index < -0.39 is 5.60 Å². The molecule has 0 amide bonds. The SMILES string of the molecule is OC1(CNC2CCCc3sccc32)CCOCC1. The molecule has 3 nitrogen and oxygen atoms in total. The quantitative estimate of drug-likeness (QED) is 0.882. The zero-order valence-electron chi connectivity index (χ0n) is 10.7. The van der Waals surface area contributed by atoms with Crippen molar-refractivity contribution in [1.82, 2.24) is 5.32 Å². The molecule has 1 aromatic rings. The predicted molar refractivity (Wildman–Crippen MR) is 73.0 cm³/mol. The molecule has 0 radical (unpaired) electrons. The molecule has 2 heterocycles. The fourth-order valence-electron chi connectivity index (χ4n) is 2.94. The molecule has 1 unspecified atom stereocenters. The third-order valence-corrected chi connectivity index (χ3v) is 5.15. The Kier molecular flexibility index (Phi) is 3.71. The van der Waals surface area contributed by atoms with Crippen LogP contribution in [0, 0.1) is 0 Å². The molecule has 1 aliphatic heterocycles. The molecule has 18 heavy (non-hydrogen) atoms. The van der Waals surface area contributed by atoms with Crippen LogP contribution in [0.15, 0.2) is 11.4 Å². The van der Waals surface area contributed by atoms with E-state index in [-0.39, 0.29) is 0 Å². The van der Waals surface area contributed by atoms with E-state index in [9.17, 15) is 5.11 Å². The van der Waals surface area contributed by atoms with Crippen LogP contribution in [0.4, 0.5) is 0 Å². The largest absolute Gasteiger partial charge is 0.388 e. The first-order chi connectivity index (χ1) is 8.77. The van der Waals surface area contributed by atoms with Gasteiger partial charge in [-0.05, 0) is 36.3 Å². The molecular weight excluding hydrogens is 246 g/mol. The van der Waals surface area contributed by atoms with Crippen LogP contribution in [-0.2, 0) is 11.2 Å². The van der Waals surface area contributed by atoms with E-state index in [0.29, 0.717) is 25.8 Å². The first-order valence-electron chi connectivity index (χ1n) is 6.87. The van der Waals surface area contributed by atoms with Gasteiger partial charge in [-0.15, -0.1) is 11.3 Å². The standard InChI is InChI=1S/C14H21NO2S/c16-14(5-7-17-8-6-14)10-15-12-2-1-3-13-11(12)4-9-18-13/h4,9,12,15-16H,1-3,5-8,10H2. The highest BCUT2D eigenvalue weighted by Crippen LogP contribution is 2.33. The van der Waals surface area contributed by atoms with Crippen LogP contribution in [0.1, 0.15) is 42.2 Å². The Morgan fingerprint density at radius 2 is 2.28 bits per heavy atom. The number of thiophene rings is 1. The molecule has 0 spiro atoms. The van der Waals surface area contributed by atoms with Gasteiger partial charge in [-0.25, -0.2) is 0 Å². The maximum absolute atomic E-state index is 10.5. The molecule has 100 valence electrons. The van der Waals surface area contributed by atoms with Gasteiger partial charge in [0.25, 0.3) is 0 Å². The molecule has 0 aromatic carbocycles. The first kappa shape index (κ1) is 12.6. The maximum Gasteiger partial charge on any atom is 0.0815 e. The van der Waals surface area contributed by atoms with Crippen LogP contribution < -0.4 is 5.32 Å². The van der Waals surface area contributed by atoms with E-state index in [1.165, 1.54) is 29.7 Å². The van der Waals surface area contributed by atoms with Gasteiger partial charge in [0.2, 0.25) is 0 Å². The second-order valence-corrected chi connectivity index (χ2v) is 6.46. The van der Waals surface area contributed by atoms with Crippen LogP contribution in [0.25, 0.3) is 0 Å². The Bertz CT molecular complexity index is 398. The molecule has 1 aromatic heterocycles. The van der Waals surface area contributed by atoms with Crippen molar-refractivity contribution < 1.29 is 9.84 Å². The summed E-state index contributed by atoms with van der Waals surface area (Å²) in [6, 6.07) is 2.68. The monoisotopic (exact) mass is 267 g/mol. The maximum atomic E-state index is 10.5. The third kappa shape index (κ3) is 2.62. The first-order valence-corrected chi connectivity index (χ1v) is 7.75. The van der Waals surface area contributed by atoms with Crippen molar-refractivity contribution in [3.05, 3.63) is 21.9 Å². The summed E-state index contributed by atoms with van der Waals surface area (Å²) in [6.45, 7) is 2.06. The smallest absolute Gasteiger partial charge is 0.0815 e. The van der Waals surface area contributed by atoms with Gasteiger partial charge in [-0.3, -0.25) is 0 Å². The predicted octanol–water partition coefficient (Wildman–Crippen LogP) is 2.26. The average Bonchev–Trinajstić information content (AvgIpc) is 2.86. The second-order valence-electron chi connectivity index (χ2n) is 5.46. The van der Waals surface area contributed by atoms with Crippen LogP contribution in [-0.4, -0.2) is 30.5 Å². The fraction of sp³-hybridized carbons (Fsp3) is 0.714. The zero-order chi connectivity index (χ0) is 12.4. The van der Waals surface area contributed by atoms with Gasteiger partial charge in [0.05, 0.1) is 5.60 Å². The number of hydrogen-bond acceptors (Lipinski definition) is 4. The summed E-state index contributed by atoms with van der Waals surface area (Å²) in [5, 5.41) is 16.2. The lowest BCUT2D eigenvalue weighted by atomic mass is 9.91. The Labute approximate surface area is 112 Å². The Morgan fingerprint density at radius 1 is 1.44 bits per heavy atom. The lowest BCUT2D eigenvalue weighted by Crippen LogP contribution is -2.46. The Morgan fingerprint density at radius 3 is 3.11 bits per heavy atom. The Hall–Kier alpha value is -0.420. The number of ether oxygens (including phenoxy) is 1. The lowest BCUT2D eigenvalue weighted by molar-refractivity contribution is -0.0630. The number of aliphatic hydroxyl groups is 1. The van der Waals surface area contributed by atoms with Crippen molar-refractivity contribution in [2.24, 2.45) is 0 Å². The molecule has 4 heteroatoms. The minimum Gasteiger partial charge on any atom is -0.388 e. The van der Waals surface area contributed by atoms with E-state index in [2.05, 4.69) is 16.8 Å². The van der Waals surface area contributed by atoms with E-state index in [1.807, 2.05) is 11.3 Å². The van der Waals surface area contributed by atoms with Crippen LogP contribution in [0.3, 0.4) is 0 Å². The number of fused-ring (bicyclic) bond motifs is 1. The summed E-state index contributed by atoms with van der Waals surface area (Å²) < 4.78 is 5.31. The molecule has 0 bridgehead atoms. The molecule has 1 aliphatic carbocycles. The average molecular weight is 267 g/mol. The number of hydrogen-bond donors (Lipinski definition) is 2. The van der Waals surface area contributed by atoms with Crippen molar-refractivity contribution in [2.45, 2.75) is 43.7 Å². The minimum absolute atomic E-state index is 0.437. The highest BCUT2D eigenvalue weighted by molar-refractivity contribution is 7.10. The van der Waals surface area contributed by atoms with E-state index in [0.717, 1.165) is 12.8 Å². The Balaban J connectivity index is 1.61. The fourth-order valence-corrected chi connectivity index (χ4v) is 3.93. The number of rotatable bonds is 3. The molecule has 0 saturated carbocycles. The van der Waals surface area contributed by atoms with Gasteiger partial charge < -0.3 is 15.2 Å². The normalized spacial score (nSPS) is 26.8. The van der Waals surface area contributed by atoms with Gasteiger partial charge in [-0.2, -0.15) is 0 Å². The second kappa shape index (κ2) is 5.29. The van der Waals surface area contributed by atoms with Gasteiger partial charge >= 0.3 is 0 Å².